The first kappa shape index (κ1) is 16.3. The molecule has 1 fully saturated rings. The van der Waals surface area contributed by atoms with Crippen molar-refractivity contribution >= 4 is 27.7 Å². The summed E-state index contributed by atoms with van der Waals surface area (Å²) < 4.78 is 27.8. The molecule has 0 amide bonds. The van der Waals surface area contributed by atoms with E-state index in [2.05, 4.69) is 17.1 Å². The molecule has 9 heteroatoms. The second kappa shape index (κ2) is 5.54. The van der Waals surface area contributed by atoms with Crippen LogP contribution in [0.4, 0.5) is 4.39 Å². The van der Waals surface area contributed by atoms with E-state index in [9.17, 15) is 9.59 Å². The molecule has 0 radical (unpaired) electrons. The molecule has 27 heavy (non-hydrogen) atoms. The van der Waals surface area contributed by atoms with Crippen molar-refractivity contribution in [1.29, 1.82) is 0 Å². The Morgan fingerprint density at radius 2 is 2.19 bits per heavy atom. The molecule has 0 aliphatic carbocycles. The fourth-order valence-corrected chi connectivity index (χ4v) is 4.02. The van der Waals surface area contributed by atoms with E-state index in [4.69, 9.17) is 9.26 Å². The zero-order valence-corrected chi connectivity index (χ0v) is 14.6. The first-order valence-electron chi connectivity index (χ1n) is 8.63. The number of likely N-dealkylation sites (N-methyl/N-ethyl adjacent to an activating group) is 1. The molecule has 8 nitrogen and oxygen atoms in total. The van der Waals surface area contributed by atoms with Crippen molar-refractivity contribution in [3.8, 4) is 5.75 Å². The Balaban J connectivity index is 1.96. The lowest BCUT2D eigenvalue weighted by Gasteiger charge is -2.35. The van der Waals surface area contributed by atoms with E-state index >= 15 is 4.39 Å². The topological polar surface area (TPSA) is 92.5 Å². The number of nitrogens with zero attached hydrogens (tertiary/aromatic N) is 2. The summed E-state index contributed by atoms with van der Waals surface area (Å²) in [6.07, 6.45) is 0. The summed E-state index contributed by atoms with van der Waals surface area (Å²) in [5.41, 5.74) is 0.0817. The van der Waals surface area contributed by atoms with Gasteiger partial charge in [-0.15, -0.1) is 0 Å². The molecule has 1 saturated heterocycles. The molecule has 0 saturated carbocycles. The third-order valence-electron chi connectivity index (χ3n) is 5.37. The maximum atomic E-state index is 15.2. The molecule has 2 aromatic heterocycles. The first-order chi connectivity index (χ1) is 13.0. The first-order valence-corrected chi connectivity index (χ1v) is 8.63. The van der Waals surface area contributed by atoms with Crippen LogP contribution in [0.25, 0.3) is 27.7 Å². The largest absolute Gasteiger partial charge is 0.485 e. The normalized spacial score (nSPS) is 20.4. The van der Waals surface area contributed by atoms with Crippen LogP contribution in [0, 0.1) is 5.82 Å². The molecule has 3 aromatic rings. The predicted octanol–water partition coefficient (Wildman–Crippen LogP) is 1.01. The van der Waals surface area contributed by atoms with Gasteiger partial charge in [-0.1, -0.05) is 6.58 Å². The highest BCUT2D eigenvalue weighted by molar-refractivity contribution is 5.98. The quantitative estimate of drug-likeness (QED) is 0.663. The van der Waals surface area contributed by atoms with Crippen LogP contribution >= 0.6 is 0 Å². The van der Waals surface area contributed by atoms with Crippen molar-refractivity contribution in [3.63, 3.8) is 0 Å². The molecule has 2 aliphatic heterocycles. The number of nitrogens with one attached hydrogen (secondary N) is 2. The number of halogens is 1. The van der Waals surface area contributed by atoms with Crippen molar-refractivity contribution in [3.05, 3.63) is 44.6 Å². The summed E-state index contributed by atoms with van der Waals surface area (Å²) in [4.78, 5) is 26.9. The highest BCUT2D eigenvalue weighted by Crippen LogP contribution is 2.41. The van der Waals surface area contributed by atoms with Gasteiger partial charge in [-0.2, -0.15) is 5.16 Å². The number of rotatable bonds is 1. The van der Waals surface area contributed by atoms with E-state index in [1.165, 1.54) is 6.07 Å². The van der Waals surface area contributed by atoms with Crippen LogP contribution in [0.15, 0.2) is 26.8 Å². The predicted molar refractivity (Wildman–Crippen MR) is 97.6 cm³/mol. The summed E-state index contributed by atoms with van der Waals surface area (Å²) >= 11 is 0. The average Bonchev–Trinajstić information content (AvgIpc) is 3.03. The molecule has 140 valence electrons. The second-order valence-electron chi connectivity index (χ2n) is 6.93. The standard InChI is InChI=1S/C18H17FN4O4/c1-8-7-26-16-12(11-6-20-3-4-22(11)2)10(19)5-9-14(16)23(8)18-13(15(9)24)17(25)21-27-18/h5,11,20H,1,3-4,6-7H2,2H3,(H,21,25). The lowest BCUT2D eigenvalue weighted by Crippen LogP contribution is -2.44. The summed E-state index contributed by atoms with van der Waals surface area (Å²) in [5, 5.41) is 5.36. The van der Waals surface area contributed by atoms with Crippen molar-refractivity contribution < 1.29 is 13.7 Å². The van der Waals surface area contributed by atoms with Gasteiger partial charge in [-0.05, 0) is 13.1 Å². The fourth-order valence-electron chi connectivity index (χ4n) is 4.02. The molecule has 2 aliphatic rings. The SMILES string of the molecule is C=C1COc2c(C3CNCCN3C)c(F)cc3c(=O)c4c(=O)[nH]oc4n1c23. The molecule has 4 heterocycles. The number of hydrogen-bond acceptors (Lipinski definition) is 6. The lowest BCUT2D eigenvalue weighted by atomic mass is 9.98. The molecule has 1 aromatic carbocycles. The lowest BCUT2D eigenvalue weighted by molar-refractivity contribution is 0.192. The smallest absolute Gasteiger partial charge is 0.293 e. The summed E-state index contributed by atoms with van der Waals surface area (Å²) in [7, 11) is 1.92. The molecule has 1 atom stereocenters. The van der Waals surface area contributed by atoms with E-state index in [1.54, 1.807) is 4.57 Å². The maximum Gasteiger partial charge on any atom is 0.293 e. The van der Waals surface area contributed by atoms with Crippen LogP contribution in [0.3, 0.4) is 0 Å². The Morgan fingerprint density at radius 1 is 1.37 bits per heavy atom. The Hall–Kier alpha value is -2.91. The van der Waals surface area contributed by atoms with Crippen molar-refractivity contribution in [2.24, 2.45) is 0 Å². The summed E-state index contributed by atoms with van der Waals surface area (Å²) in [5.74, 6) is -0.241. The minimum Gasteiger partial charge on any atom is -0.485 e. The summed E-state index contributed by atoms with van der Waals surface area (Å²) in [6, 6.07) is 0.936. The maximum absolute atomic E-state index is 15.2. The van der Waals surface area contributed by atoms with Gasteiger partial charge in [0.2, 0.25) is 11.1 Å². The third-order valence-corrected chi connectivity index (χ3v) is 5.37. The van der Waals surface area contributed by atoms with Gasteiger partial charge in [-0.25, -0.2) is 4.39 Å². The van der Waals surface area contributed by atoms with Crippen LogP contribution in [-0.4, -0.2) is 47.9 Å². The number of H-pyrrole nitrogens is 1. The number of piperazine rings is 1. The minimum atomic E-state index is -0.651. The third kappa shape index (κ3) is 2.09. The molecular weight excluding hydrogens is 355 g/mol. The van der Waals surface area contributed by atoms with Gasteiger partial charge >= 0.3 is 0 Å². The van der Waals surface area contributed by atoms with E-state index in [0.717, 1.165) is 13.1 Å². The Morgan fingerprint density at radius 3 is 2.96 bits per heavy atom. The van der Waals surface area contributed by atoms with Crippen LogP contribution in [0.2, 0.25) is 0 Å². The number of aromatic nitrogens is 2. The number of hydrogen-bond donors (Lipinski definition) is 2. The number of benzene rings is 1. The Kier molecular flexibility index (Phi) is 3.34. The van der Waals surface area contributed by atoms with Gasteiger partial charge in [0.05, 0.1) is 22.7 Å². The number of fused-ring (bicyclic) bond motifs is 2. The monoisotopic (exact) mass is 372 g/mol. The zero-order chi connectivity index (χ0) is 18.9. The number of aromatic amines is 1. The number of ether oxygens (including phenoxy) is 1. The van der Waals surface area contributed by atoms with Crippen molar-refractivity contribution in [1.82, 2.24) is 19.9 Å². The summed E-state index contributed by atoms with van der Waals surface area (Å²) in [6.45, 7) is 6.17. The van der Waals surface area contributed by atoms with Gasteiger partial charge < -0.3 is 14.6 Å². The minimum absolute atomic E-state index is 0.0675. The number of pyridine rings is 1. The average molecular weight is 372 g/mol. The molecule has 0 bridgehead atoms. The zero-order valence-electron chi connectivity index (χ0n) is 14.6. The van der Waals surface area contributed by atoms with E-state index < -0.39 is 16.8 Å². The van der Waals surface area contributed by atoms with Crippen molar-refractivity contribution in [2.45, 2.75) is 6.04 Å². The van der Waals surface area contributed by atoms with Gasteiger partial charge in [0, 0.05) is 19.6 Å². The van der Waals surface area contributed by atoms with E-state index in [-0.39, 0.29) is 29.1 Å². The molecule has 0 spiro atoms. The molecular formula is C18H17FN4O4. The Labute approximate surface area is 151 Å². The molecule has 1 unspecified atom stereocenters. The van der Waals surface area contributed by atoms with Gasteiger partial charge in [-0.3, -0.25) is 19.1 Å². The van der Waals surface area contributed by atoms with Crippen molar-refractivity contribution in [2.75, 3.05) is 33.3 Å². The highest BCUT2D eigenvalue weighted by Gasteiger charge is 2.33. The Bertz CT molecular complexity index is 1240. The van der Waals surface area contributed by atoms with E-state index in [0.29, 0.717) is 29.1 Å². The van der Waals surface area contributed by atoms with Crippen LogP contribution in [0.5, 0.6) is 5.75 Å². The van der Waals surface area contributed by atoms with E-state index in [1.807, 2.05) is 11.9 Å². The molecule has 5 rings (SSSR count). The highest BCUT2D eigenvalue weighted by atomic mass is 19.1. The van der Waals surface area contributed by atoms with Gasteiger partial charge in [0.15, 0.2) is 11.1 Å². The molecule has 2 N–H and O–H groups in total. The van der Waals surface area contributed by atoms with Crippen LogP contribution < -0.4 is 21.0 Å². The fraction of sp³-hybridized carbons (Fsp3) is 0.333. The van der Waals surface area contributed by atoms with Crippen LogP contribution in [0.1, 0.15) is 11.6 Å². The van der Waals surface area contributed by atoms with Gasteiger partial charge in [0.1, 0.15) is 17.9 Å². The second-order valence-corrected chi connectivity index (χ2v) is 6.93. The van der Waals surface area contributed by atoms with Crippen LogP contribution in [-0.2, 0) is 0 Å². The van der Waals surface area contributed by atoms with Gasteiger partial charge in [0.25, 0.3) is 5.56 Å².